The zero-order valence-electron chi connectivity index (χ0n) is 19.3. The van der Waals surface area contributed by atoms with Crippen molar-refractivity contribution in [2.75, 3.05) is 6.61 Å². The molecule has 0 radical (unpaired) electrons. The maximum atomic E-state index is 13.3. The van der Waals surface area contributed by atoms with Gasteiger partial charge in [-0.2, -0.15) is 26.9 Å². The van der Waals surface area contributed by atoms with Gasteiger partial charge in [-0.1, -0.05) is 6.92 Å². The number of nitrogens with zero attached hydrogens (tertiary/aromatic N) is 1. The number of hydrogen-bond acceptors (Lipinski definition) is 7. The minimum absolute atomic E-state index is 0.0134. The lowest BCUT2D eigenvalue weighted by Crippen LogP contribution is -2.64. The van der Waals surface area contributed by atoms with E-state index in [2.05, 4.69) is 6.07 Å². The first-order chi connectivity index (χ1) is 15.8. The summed E-state index contributed by atoms with van der Waals surface area (Å²) in [5.41, 5.74) is -6.91. The molecule has 7 nitrogen and oxygen atoms in total. The highest BCUT2D eigenvalue weighted by atomic mass is 32.2. The van der Waals surface area contributed by atoms with Gasteiger partial charge in [-0.3, -0.25) is 8.98 Å². The van der Waals surface area contributed by atoms with E-state index in [1.165, 1.54) is 6.92 Å². The second-order valence-corrected chi connectivity index (χ2v) is 11.7. The summed E-state index contributed by atoms with van der Waals surface area (Å²) >= 11 is 0. The first kappa shape index (κ1) is 25.0. The normalized spacial score (nSPS) is 37.6. The van der Waals surface area contributed by atoms with Crippen molar-refractivity contribution in [1.82, 2.24) is 0 Å². The predicted octanol–water partition coefficient (Wildman–Crippen LogP) is 4.62. The monoisotopic (exact) mass is 503 g/mol. The molecular weight excluding hydrogens is 475 g/mol. The number of furan rings is 1. The quantitative estimate of drug-likeness (QED) is 0.335. The zero-order valence-corrected chi connectivity index (χ0v) is 20.1. The summed E-state index contributed by atoms with van der Waals surface area (Å²) in [4.78, 5) is 13.3. The summed E-state index contributed by atoms with van der Waals surface area (Å²) in [6.07, 6.45) is 3.97. The van der Waals surface area contributed by atoms with Crippen LogP contribution in [0.3, 0.4) is 0 Å². The number of hydrogen-bond donors (Lipinski definition) is 0. The number of esters is 1. The maximum Gasteiger partial charge on any atom is 0.523 e. The SMILES string of the molecule is CCOC(=O)[C@@]1(C)[C@@H](OS(=O)(=O)C(F)(F)F)CC[C@@]2(C)[C@H]1CC[C@@]1(C#N)c3cocc3CC[C@H]21. The van der Waals surface area contributed by atoms with Crippen LogP contribution < -0.4 is 0 Å². The summed E-state index contributed by atoms with van der Waals surface area (Å²) < 4.78 is 78.7. The first-order valence-electron chi connectivity index (χ1n) is 11.4. The highest BCUT2D eigenvalue weighted by Crippen LogP contribution is 2.67. The van der Waals surface area contributed by atoms with Crippen LogP contribution in [0, 0.1) is 34.0 Å². The number of carbonyl (C=O) groups is 1. The fourth-order valence-electron chi connectivity index (χ4n) is 7.20. The van der Waals surface area contributed by atoms with Gasteiger partial charge < -0.3 is 9.15 Å². The minimum atomic E-state index is -5.92. The van der Waals surface area contributed by atoms with Gasteiger partial charge in [0.2, 0.25) is 0 Å². The second-order valence-electron chi connectivity index (χ2n) is 10.1. The van der Waals surface area contributed by atoms with Crippen LogP contribution in [-0.2, 0) is 35.7 Å². The Morgan fingerprint density at radius 3 is 2.53 bits per heavy atom. The maximum absolute atomic E-state index is 13.3. The topological polar surface area (TPSA) is 107 Å². The van der Waals surface area contributed by atoms with Crippen molar-refractivity contribution in [3.63, 3.8) is 0 Å². The second kappa shape index (κ2) is 7.98. The van der Waals surface area contributed by atoms with Crippen LogP contribution in [0.1, 0.15) is 64.0 Å². The Balaban J connectivity index is 1.79. The van der Waals surface area contributed by atoms with Gasteiger partial charge in [0.25, 0.3) is 0 Å². The van der Waals surface area contributed by atoms with Crippen molar-refractivity contribution in [2.24, 2.45) is 22.7 Å². The molecule has 1 heterocycles. The molecule has 1 aromatic rings. The molecule has 0 aliphatic heterocycles. The number of ether oxygens (including phenoxy) is 1. The van der Waals surface area contributed by atoms with E-state index in [0.717, 1.165) is 11.1 Å². The van der Waals surface area contributed by atoms with E-state index in [1.54, 1.807) is 19.5 Å². The van der Waals surface area contributed by atoms with E-state index < -0.39 is 49.9 Å². The van der Waals surface area contributed by atoms with Crippen LogP contribution >= 0.6 is 0 Å². The smallest absolute Gasteiger partial charge is 0.472 e. The van der Waals surface area contributed by atoms with Crippen LogP contribution in [0.15, 0.2) is 16.9 Å². The molecule has 0 N–H and O–H groups in total. The third kappa shape index (κ3) is 3.32. The van der Waals surface area contributed by atoms with Crippen molar-refractivity contribution >= 4 is 16.1 Å². The molecule has 3 aliphatic carbocycles. The molecule has 0 spiro atoms. The largest absolute Gasteiger partial charge is 0.523 e. The molecular formula is C23H28F3NO6S. The third-order valence-corrected chi connectivity index (χ3v) is 9.77. The first-order valence-corrected chi connectivity index (χ1v) is 12.8. The Hall–Kier alpha value is -2.06. The summed E-state index contributed by atoms with van der Waals surface area (Å²) in [6, 6.07) is 2.52. The van der Waals surface area contributed by atoms with Gasteiger partial charge in [-0.25, -0.2) is 0 Å². The van der Waals surface area contributed by atoms with Crippen molar-refractivity contribution in [3.8, 4) is 6.07 Å². The highest BCUT2D eigenvalue weighted by molar-refractivity contribution is 7.87. The van der Waals surface area contributed by atoms with Crippen LogP contribution in [0.4, 0.5) is 13.2 Å². The molecule has 2 saturated carbocycles. The lowest BCUT2D eigenvalue weighted by molar-refractivity contribution is -0.194. The molecule has 2 fully saturated rings. The van der Waals surface area contributed by atoms with Gasteiger partial charge in [-0.15, -0.1) is 0 Å². The predicted molar refractivity (Wildman–Crippen MR) is 112 cm³/mol. The molecule has 1 aromatic heterocycles. The van der Waals surface area contributed by atoms with E-state index in [9.17, 15) is 31.6 Å². The molecule has 3 aliphatic rings. The summed E-state index contributed by atoms with van der Waals surface area (Å²) in [6.45, 7) is 4.98. The number of halogens is 3. The molecule has 11 heteroatoms. The third-order valence-electron chi connectivity index (χ3n) is 8.72. The Kier molecular flexibility index (Phi) is 5.88. The lowest BCUT2D eigenvalue weighted by Gasteiger charge is -2.63. The average Bonchev–Trinajstić information content (AvgIpc) is 3.25. The standard InChI is InChI=1S/C23H28F3NO6S/c1-4-32-19(28)21(3)16-7-10-22(13-27)15-12-31-11-14(15)5-6-17(22)20(16,2)9-8-18(21)33-34(29,30)23(24,25)26/h11-12,16-18H,4-10H2,1-3H3/t16-,17-,18+,20+,21-,22-/m1/s1. The molecule has 4 rings (SSSR count). The summed E-state index contributed by atoms with van der Waals surface area (Å²) in [7, 11) is -5.92. The van der Waals surface area contributed by atoms with Crippen molar-refractivity contribution in [1.29, 1.82) is 5.26 Å². The summed E-state index contributed by atoms with van der Waals surface area (Å²) in [5, 5.41) is 10.4. The van der Waals surface area contributed by atoms with Crippen LogP contribution in [0.2, 0.25) is 0 Å². The van der Waals surface area contributed by atoms with Gasteiger partial charge in [0, 0.05) is 5.56 Å². The van der Waals surface area contributed by atoms with Gasteiger partial charge in [0.15, 0.2) is 0 Å². The number of rotatable bonds is 4. The molecule has 0 unspecified atom stereocenters. The molecule has 0 amide bonds. The minimum Gasteiger partial charge on any atom is -0.472 e. The fourth-order valence-corrected chi connectivity index (χ4v) is 7.91. The number of fused-ring (bicyclic) bond motifs is 5. The summed E-state index contributed by atoms with van der Waals surface area (Å²) in [5.74, 6) is -1.51. The van der Waals surface area contributed by atoms with E-state index in [4.69, 9.17) is 13.3 Å². The Bertz CT molecular complexity index is 1120. The zero-order chi connectivity index (χ0) is 25.2. The van der Waals surface area contributed by atoms with Crippen LogP contribution in [0.5, 0.6) is 0 Å². The van der Waals surface area contributed by atoms with E-state index in [0.29, 0.717) is 32.1 Å². The number of aryl methyl sites for hydroxylation is 1. The van der Waals surface area contributed by atoms with Crippen molar-refractivity contribution in [3.05, 3.63) is 23.7 Å². The average molecular weight is 504 g/mol. The van der Waals surface area contributed by atoms with Gasteiger partial charge in [-0.05, 0) is 75.2 Å². The van der Waals surface area contributed by atoms with Crippen LogP contribution in [0.25, 0.3) is 0 Å². The van der Waals surface area contributed by atoms with E-state index in [-0.39, 0.29) is 18.9 Å². The Labute approximate surface area is 196 Å². The molecule has 0 bridgehead atoms. The van der Waals surface area contributed by atoms with Crippen molar-refractivity contribution in [2.45, 2.75) is 76.3 Å². The number of nitriles is 1. The lowest BCUT2D eigenvalue weighted by atomic mass is 9.40. The van der Waals surface area contributed by atoms with Gasteiger partial charge >= 0.3 is 21.6 Å². The molecule has 0 aromatic carbocycles. The van der Waals surface area contributed by atoms with Gasteiger partial charge in [0.05, 0.1) is 42.1 Å². The Morgan fingerprint density at radius 1 is 1.21 bits per heavy atom. The number of alkyl halides is 3. The molecule has 0 saturated heterocycles. The fraction of sp³-hybridized carbons (Fsp3) is 0.739. The molecule has 34 heavy (non-hydrogen) atoms. The number of carbonyl (C=O) groups excluding carboxylic acids is 1. The van der Waals surface area contributed by atoms with E-state index in [1.807, 2.05) is 6.92 Å². The molecule has 188 valence electrons. The van der Waals surface area contributed by atoms with E-state index >= 15 is 0 Å². The molecule has 6 atom stereocenters. The van der Waals surface area contributed by atoms with Crippen molar-refractivity contribution < 1.29 is 39.7 Å². The Morgan fingerprint density at radius 2 is 1.91 bits per heavy atom. The van der Waals surface area contributed by atoms with Crippen LogP contribution in [-0.4, -0.2) is 32.6 Å². The highest BCUT2D eigenvalue weighted by Gasteiger charge is 2.68. The van der Waals surface area contributed by atoms with Gasteiger partial charge in [0.1, 0.15) is 0 Å².